The monoisotopic (exact) mass is 208 g/mol. The summed E-state index contributed by atoms with van der Waals surface area (Å²) >= 11 is 0. The minimum Gasteiger partial charge on any atom is -0.335 e. The van der Waals surface area contributed by atoms with Gasteiger partial charge in [-0.15, -0.1) is 0 Å². The van der Waals surface area contributed by atoms with Gasteiger partial charge in [0.2, 0.25) is 0 Å². The Morgan fingerprint density at radius 3 is 2.73 bits per heavy atom. The van der Waals surface area contributed by atoms with Crippen LogP contribution in [-0.2, 0) is 6.54 Å². The maximum absolute atomic E-state index is 4.45. The molecule has 2 nitrogen and oxygen atoms in total. The average molecular weight is 208 g/mol. The van der Waals surface area contributed by atoms with Crippen LogP contribution in [0.5, 0.6) is 0 Å². The standard InChI is InChI=1S/C13H24N2/c1-4-6-7-8-9-12(3)13-14-10-11-15(13)5-2/h10-12H,4-9H2,1-3H3. The van der Waals surface area contributed by atoms with E-state index in [0.29, 0.717) is 5.92 Å². The van der Waals surface area contributed by atoms with Crippen LogP contribution in [0.4, 0.5) is 0 Å². The van der Waals surface area contributed by atoms with E-state index in [2.05, 4.69) is 36.5 Å². The Bertz CT molecular complexity index is 265. The van der Waals surface area contributed by atoms with Crippen LogP contribution in [0.15, 0.2) is 12.4 Å². The SMILES string of the molecule is CCCCCCC(C)c1nccn1CC. The molecule has 0 amide bonds. The van der Waals surface area contributed by atoms with Crippen LogP contribution in [-0.4, -0.2) is 9.55 Å². The van der Waals surface area contributed by atoms with E-state index in [-0.39, 0.29) is 0 Å². The lowest BCUT2D eigenvalue weighted by molar-refractivity contribution is 0.538. The van der Waals surface area contributed by atoms with Gasteiger partial charge in [-0.2, -0.15) is 0 Å². The molecule has 1 heterocycles. The van der Waals surface area contributed by atoms with Crippen molar-refractivity contribution in [2.24, 2.45) is 0 Å². The largest absolute Gasteiger partial charge is 0.335 e. The van der Waals surface area contributed by atoms with Gasteiger partial charge in [0.05, 0.1) is 0 Å². The molecule has 1 atom stereocenters. The predicted molar refractivity (Wildman–Crippen MR) is 65.1 cm³/mol. The first-order chi connectivity index (χ1) is 7.29. The van der Waals surface area contributed by atoms with Crippen molar-refractivity contribution in [1.29, 1.82) is 0 Å². The molecule has 86 valence electrons. The van der Waals surface area contributed by atoms with Crippen LogP contribution in [0.3, 0.4) is 0 Å². The normalized spacial score (nSPS) is 13.0. The fraction of sp³-hybridized carbons (Fsp3) is 0.769. The van der Waals surface area contributed by atoms with E-state index in [9.17, 15) is 0 Å². The number of aromatic nitrogens is 2. The number of unbranched alkanes of at least 4 members (excludes halogenated alkanes) is 3. The summed E-state index contributed by atoms with van der Waals surface area (Å²) in [6.07, 6.45) is 10.7. The van der Waals surface area contributed by atoms with Crippen molar-refractivity contribution in [1.82, 2.24) is 9.55 Å². The highest BCUT2D eigenvalue weighted by atomic mass is 15.1. The molecule has 1 aromatic heterocycles. The van der Waals surface area contributed by atoms with E-state index in [1.807, 2.05) is 6.20 Å². The van der Waals surface area contributed by atoms with Crippen molar-refractivity contribution in [2.75, 3.05) is 0 Å². The van der Waals surface area contributed by atoms with E-state index in [1.165, 1.54) is 37.9 Å². The lowest BCUT2D eigenvalue weighted by Gasteiger charge is -2.12. The third kappa shape index (κ3) is 3.69. The molecule has 0 radical (unpaired) electrons. The minimum atomic E-state index is 0.608. The Hall–Kier alpha value is -0.790. The van der Waals surface area contributed by atoms with Gasteiger partial charge in [-0.05, 0) is 13.3 Å². The molecule has 1 aromatic rings. The van der Waals surface area contributed by atoms with Crippen molar-refractivity contribution < 1.29 is 0 Å². The quantitative estimate of drug-likeness (QED) is 0.620. The fourth-order valence-electron chi connectivity index (χ4n) is 2.02. The second-order valence-electron chi connectivity index (χ2n) is 4.32. The number of hydrogen-bond donors (Lipinski definition) is 0. The predicted octanol–water partition coefficient (Wildman–Crippen LogP) is 3.98. The topological polar surface area (TPSA) is 17.8 Å². The highest BCUT2D eigenvalue weighted by molar-refractivity contribution is 4.98. The molecular weight excluding hydrogens is 184 g/mol. The first-order valence-corrected chi connectivity index (χ1v) is 6.30. The molecule has 0 aliphatic rings. The van der Waals surface area contributed by atoms with E-state index >= 15 is 0 Å². The van der Waals surface area contributed by atoms with Crippen LogP contribution in [0.2, 0.25) is 0 Å². The maximum Gasteiger partial charge on any atom is 0.111 e. The molecule has 0 aliphatic heterocycles. The highest BCUT2D eigenvalue weighted by Gasteiger charge is 2.10. The molecule has 0 saturated heterocycles. The summed E-state index contributed by atoms with van der Waals surface area (Å²) in [5, 5.41) is 0. The minimum absolute atomic E-state index is 0.608. The lowest BCUT2D eigenvalue weighted by atomic mass is 10.0. The molecule has 0 saturated carbocycles. The zero-order valence-electron chi connectivity index (χ0n) is 10.4. The Balaban J connectivity index is 2.36. The number of hydrogen-bond acceptors (Lipinski definition) is 1. The van der Waals surface area contributed by atoms with Crippen molar-refractivity contribution in [3.63, 3.8) is 0 Å². The Morgan fingerprint density at radius 1 is 1.27 bits per heavy atom. The lowest BCUT2D eigenvalue weighted by Crippen LogP contribution is -2.05. The van der Waals surface area contributed by atoms with Gasteiger partial charge >= 0.3 is 0 Å². The Labute approximate surface area is 93.7 Å². The average Bonchev–Trinajstić information content (AvgIpc) is 2.72. The first kappa shape index (κ1) is 12.3. The molecule has 2 heteroatoms. The zero-order valence-corrected chi connectivity index (χ0v) is 10.4. The van der Waals surface area contributed by atoms with Gasteiger partial charge in [-0.1, -0.05) is 39.5 Å². The second kappa shape index (κ2) is 6.65. The summed E-state index contributed by atoms with van der Waals surface area (Å²) in [6.45, 7) is 7.76. The van der Waals surface area contributed by atoms with Crippen LogP contribution < -0.4 is 0 Å². The Kier molecular flexibility index (Phi) is 5.44. The smallest absolute Gasteiger partial charge is 0.111 e. The summed E-state index contributed by atoms with van der Waals surface area (Å²) < 4.78 is 2.25. The van der Waals surface area contributed by atoms with Gasteiger partial charge in [0.15, 0.2) is 0 Å². The van der Waals surface area contributed by atoms with E-state index in [0.717, 1.165) is 6.54 Å². The van der Waals surface area contributed by atoms with Crippen molar-refractivity contribution >= 4 is 0 Å². The molecule has 1 unspecified atom stereocenters. The van der Waals surface area contributed by atoms with Gasteiger partial charge in [0.1, 0.15) is 5.82 Å². The second-order valence-corrected chi connectivity index (χ2v) is 4.32. The van der Waals surface area contributed by atoms with E-state index in [1.54, 1.807) is 0 Å². The summed E-state index contributed by atoms with van der Waals surface area (Å²) in [5.41, 5.74) is 0. The molecule has 0 fully saturated rings. The Morgan fingerprint density at radius 2 is 2.07 bits per heavy atom. The van der Waals surface area contributed by atoms with Crippen LogP contribution in [0, 0.1) is 0 Å². The fourth-order valence-corrected chi connectivity index (χ4v) is 2.02. The highest BCUT2D eigenvalue weighted by Crippen LogP contribution is 2.20. The molecule has 0 N–H and O–H groups in total. The molecule has 0 aliphatic carbocycles. The third-order valence-electron chi connectivity index (χ3n) is 3.02. The van der Waals surface area contributed by atoms with Gasteiger partial charge in [0.25, 0.3) is 0 Å². The van der Waals surface area contributed by atoms with E-state index < -0.39 is 0 Å². The van der Waals surface area contributed by atoms with Gasteiger partial charge in [0, 0.05) is 24.9 Å². The zero-order chi connectivity index (χ0) is 11.1. The summed E-state index contributed by atoms with van der Waals surface area (Å²) in [4.78, 5) is 4.45. The number of aryl methyl sites for hydroxylation is 1. The number of nitrogens with zero attached hydrogens (tertiary/aromatic N) is 2. The van der Waals surface area contributed by atoms with Gasteiger partial charge < -0.3 is 4.57 Å². The third-order valence-corrected chi connectivity index (χ3v) is 3.02. The molecular formula is C13H24N2. The van der Waals surface area contributed by atoms with Gasteiger partial charge in [-0.3, -0.25) is 0 Å². The summed E-state index contributed by atoms with van der Waals surface area (Å²) in [7, 11) is 0. The molecule has 0 spiro atoms. The number of rotatable bonds is 7. The van der Waals surface area contributed by atoms with Crippen molar-refractivity contribution in [2.45, 2.75) is 65.3 Å². The van der Waals surface area contributed by atoms with Crippen LogP contribution in [0.1, 0.15) is 64.6 Å². The molecule has 15 heavy (non-hydrogen) atoms. The van der Waals surface area contributed by atoms with E-state index in [4.69, 9.17) is 0 Å². The van der Waals surface area contributed by atoms with Crippen LogP contribution >= 0.6 is 0 Å². The van der Waals surface area contributed by atoms with Crippen LogP contribution in [0.25, 0.3) is 0 Å². The van der Waals surface area contributed by atoms with Crippen molar-refractivity contribution in [3.8, 4) is 0 Å². The van der Waals surface area contributed by atoms with Crippen molar-refractivity contribution in [3.05, 3.63) is 18.2 Å². The summed E-state index contributed by atoms with van der Waals surface area (Å²) in [5.74, 6) is 1.87. The number of imidazole rings is 1. The first-order valence-electron chi connectivity index (χ1n) is 6.30. The van der Waals surface area contributed by atoms with Gasteiger partial charge in [-0.25, -0.2) is 4.98 Å². The molecule has 1 rings (SSSR count). The summed E-state index contributed by atoms with van der Waals surface area (Å²) in [6, 6.07) is 0. The molecule has 0 aromatic carbocycles. The maximum atomic E-state index is 4.45. The molecule has 0 bridgehead atoms.